The highest BCUT2D eigenvalue weighted by atomic mass is 35.5. The molecule has 3 rings (SSSR count). The molecule has 0 aromatic carbocycles. The number of rotatable bonds is 8. The van der Waals surface area contributed by atoms with Crippen LogP contribution >= 0.6 is 11.6 Å². The van der Waals surface area contributed by atoms with Crippen LogP contribution in [0, 0.1) is 0 Å². The van der Waals surface area contributed by atoms with E-state index in [2.05, 4.69) is 83.9 Å². The summed E-state index contributed by atoms with van der Waals surface area (Å²) in [7, 11) is 0. The first-order valence-corrected chi connectivity index (χ1v) is 12.1. The average molecular weight is 496 g/mol. The third-order valence-electron chi connectivity index (χ3n) is 4.15. The smallest absolute Gasteiger partial charge is 0.168 e. The van der Waals surface area contributed by atoms with E-state index in [0.717, 1.165) is 25.4 Å². The highest BCUT2D eigenvalue weighted by Crippen LogP contribution is 1.87. The van der Waals surface area contributed by atoms with E-state index in [4.69, 9.17) is 11.6 Å². The largest absolute Gasteiger partial charge is 1.00 e. The summed E-state index contributed by atoms with van der Waals surface area (Å²) in [5.41, 5.74) is 0. The third kappa shape index (κ3) is 26.2. The van der Waals surface area contributed by atoms with Gasteiger partial charge in [-0.3, -0.25) is 4.98 Å². The molecule has 0 radical (unpaired) electrons. The van der Waals surface area contributed by atoms with Crippen LogP contribution in [-0.2, 0) is 13.1 Å². The SMILES string of the molecule is C.CCCCCl.CCCC[n+]1ccccc1.CCCC[n+]1ccccc1.[Cl-].c1ccncc1. The van der Waals surface area contributed by atoms with Crippen LogP contribution in [0.3, 0.4) is 0 Å². The van der Waals surface area contributed by atoms with Crippen LogP contribution in [0.15, 0.2) is 91.8 Å². The van der Waals surface area contributed by atoms with Crippen LogP contribution in [0.25, 0.3) is 0 Å². The van der Waals surface area contributed by atoms with Crippen molar-refractivity contribution >= 4 is 11.6 Å². The van der Waals surface area contributed by atoms with Crippen molar-refractivity contribution in [2.24, 2.45) is 0 Å². The Kier molecular flexibility index (Phi) is 32.4. The first-order valence-electron chi connectivity index (χ1n) is 11.6. The monoisotopic (exact) mass is 494 g/mol. The summed E-state index contributed by atoms with van der Waals surface area (Å²) >= 11 is 5.30. The lowest BCUT2D eigenvalue weighted by Crippen LogP contribution is -3.00. The molecule has 186 valence electrons. The fourth-order valence-corrected chi connectivity index (χ4v) is 2.56. The molecular formula is C28H46Cl2N3+. The third-order valence-corrected chi connectivity index (χ3v) is 4.42. The van der Waals surface area contributed by atoms with Gasteiger partial charge in [0.1, 0.15) is 13.1 Å². The van der Waals surface area contributed by atoms with Gasteiger partial charge in [0, 0.05) is 55.4 Å². The highest BCUT2D eigenvalue weighted by molar-refractivity contribution is 6.17. The molecule has 3 aromatic heterocycles. The van der Waals surface area contributed by atoms with Gasteiger partial charge in [-0.15, -0.1) is 11.6 Å². The number of hydrogen-bond acceptors (Lipinski definition) is 1. The van der Waals surface area contributed by atoms with Gasteiger partial charge in [-0.05, 0) is 18.6 Å². The molecule has 3 heterocycles. The van der Waals surface area contributed by atoms with Gasteiger partial charge < -0.3 is 12.4 Å². The van der Waals surface area contributed by atoms with E-state index in [0.29, 0.717) is 0 Å². The van der Waals surface area contributed by atoms with Crippen LogP contribution in [-0.4, -0.2) is 10.9 Å². The number of pyridine rings is 3. The Balaban J connectivity index is -0.000000370. The second-order valence-corrected chi connectivity index (χ2v) is 7.38. The molecule has 0 aliphatic rings. The van der Waals surface area contributed by atoms with Gasteiger partial charge in [0.05, 0.1) is 0 Å². The minimum atomic E-state index is 0. The maximum atomic E-state index is 5.30. The molecule has 0 N–H and O–H groups in total. The van der Waals surface area contributed by atoms with Gasteiger partial charge >= 0.3 is 0 Å². The molecule has 0 amide bonds. The number of nitrogens with zero attached hydrogens (tertiary/aromatic N) is 3. The quantitative estimate of drug-likeness (QED) is 0.337. The lowest BCUT2D eigenvalue weighted by Gasteiger charge is -1.91. The van der Waals surface area contributed by atoms with Crippen LogP contribution in [0.2, 0.25) is 0 Å². The summed E-state index contributed by atoms with van der Waals surface area (Å²) in [6.45, 7) is 8.85. The standard InChI is InChI=1S/2C9H14N.C5H5N.C4H9Cl.CH4.ClH/c2*1-2-3-7-10-8-5-4-6-9-10;1-2-4-6-5-3-1;1-2-3-4-5;;/h2*4-6,8-9H,2-3,7H2,1H3;1-5H;2-4H2,1H3;1H4;1H/q2*+1;;;;/p-1. The zero-order valence-corrected chi connectivity index (χ0v) is 21.6. The van der Waals surface area contributed by atoms with Crippen LogP contribution < -0.4 is 21.5 Å². The summed E-state index contributed by atoms with van der Waals surface area (Å²) in [6.07, 6.45) is 19.4. The van der Waals surface area contributed by atoms with Gasteiger partial charge in [0.15, 0.2) is 24.8 Å². The van der Waals surface area contributed by atoms with E-state index in [9.17, 15) is 0 Å². The number of aromatic nitrogens is 3. The fourth-order valence-electron chi connectivity index (χ4n) is 2.29. The molecule has 5 heteroatoms. The second-order valence-electron chi connectivity index (χ2n) is 7.00. The van der Waals surface area contributed by atoms with Crippen LogP contribution in [0.4, 0.5) is 0 Å². The molecular weight excluding hydrogens is 449 g/mol. The fraction of sp³-hybridized carbons (Fsp3) is 0.464. The van der Waals surface area contributed by atoms with E-state index in [1.807, 2.05) is 30.3 Å². The summed E-state index contributed by atoms with van der Waals surface area (Å²) in [4.78, 5) is 3.78. The van der Waals surface area contributed by atoms with Gasteiger partial charge in [-0.25, -0.2) is 9.13 Å². The topological polar surface area (TPSA) is 20.6 Å². The molecule has 33 heavy (non-hydrogen) atoms. The van der Waals surface area contributed by atoms with E-state index < -0.39 is 0 Å². The minimum Gasteiger partial charge on any atom is -1.00 e. The van der Waals surface area contributed by atoms with Crippen molar-refractivity contribution in [3.63, 3.8) is 0 Å². The number of unbranched alkanes of at least 4 members (excludes halogenated alkanes) is 3. The van der Waals surface area contributed by atoms with E-state index in [1.54, 1.807) is 12.4 Å². The van der Waals surface area contributed by atoms with E-state index >= 15 is 0 Å². The van der Waals surface area contributed by atoms with Gasteiger partial charge in [-0.1, -0.05) is 65.7 Å². The molecule has 0 fully saturated rings. The van der Waals surface area contributed by atoms with Gasteiger partial charge in [0.25, 0.3) is 0 Å². The minimum absolute atomic E-state index is 0. The molecule has 0 saturated carbocycles. The van der Waals surface area contributed by atoms with Crippen molar-refractivity contribution in [2.75, 3.05) is 5.88 Å². The van der Waals surface area contributed by atoms with Crippen molar-refractivity contribution in [2.45, 2.75) is 79.8 Å². The lowest BCUT2D eigenvalue weighted by atomic mass is 10.3. The molecule has 0 unspecified atom stereocenters. The summed E-state index contributed by atoms with van der Waals surface area (Å²) in [5.74, 6) is 0.816. The normalized spacial score (nSPS) is 8.61. The predicted octanol–water partition coefficient (Wildman–Crippen LogP) is 4.30. The molecule has 0 saturated heterocycles. The van der Waals surface area contributed by atoms with Crippen molar-refractivity contribution in [3.8, 4) is 0 Å². The molecule has 0 aliphatic carbocycles. The first kappa shape index (κ1) is 35.6. The summed E-state index contributed by atoms with van der Waals surface area (Å²) in [6, 6.07) is 18.1. The predicted molar refractivity (Wildman–Crippen MR) is 140 cm³/mol. The Hall–Kier alpha value is -1.97. The van der Waals surface area contributed by atoms with E-state index in [1.165, 1.54) is 32.1 Å². The Morgan fingerprint density at radius 1 is 0.576 bits per heavy atom. The number of alkyl halides is 1. The zero-order chi connectivity index (χ0) is 22.8. The number of halogens is 2. The van der Waals surface area contributed by atoms with Gasteiger partial charge in [0.2, 0.25) is 0 Å². The Labute approximate surface area is 215 Å². The number of hydrogen-bond donors (Lipinski definition) is 0. The Morgan fingerprint density at radius 2 is 0.939 bits per heavy atom. The van der Waals surface area contributed by atoms with Crippen molar-refractivity contribution in [1.29, 1.82) is 0 Å². The van der Waals surface area contributed by atoms with Crippen molar-refractivity contribution < 1.29 is 21.5 Å². The molecule has 0 atom stereocenters. The molecule has 0 aliphatic heterocycles. The lowest BCUT2D eigenvalue weighted by molar-refractivity contribution is -0.697. The average Bonchev–Trinajstić information content (AvgIpc) is 2.85. The molecule has 0 bridgehead atoms. The van der Waals surface area contributed by atoms with Crippen LogP contribution in [0.1, 0.15) is 66.7 Å². The van der Waals surface area contributed by atoms with Crippen LogP contribution in [0.5, 0.6) is 0 Å². The second kappa shape index (κ2) is 30.0. The highest BCUT2D eigenvalue weighted by Gasteiger charge is 1.94. The molecule has 0 spiro atoms. The van der Waals surface area contributed by atoms with Crippen molar-refractivity contribution in [3.05, 3.63) is 91.8 Å². The Morgan fingerprint density at radius 3 is 1.15 bits per heavy atom. The molecule has 3 aromatic rings. The molecule has 3 nitrogen and oxygen atoms in total. The van der Waals surface area contributed by atoms with Crippen molar-refractivity contribution in [1.82, 2.24) is 4.98 Å². The maximum absolute atomic E-state index is 5.30. The number of aryl methyl sites for hydroxylation is 2. The van der Waals surface area contributed by atoms with E-state index in [-0.39, 0.29) is 19.8 Å². The summed E-state index contributed by atoms with van der Waals surface area (Å²) in [5, 5.41) is 0. The first-order chi connectivity index (χ1) is 15.3. The Bertz CT molecular complexity index is 611. The zero-order valence-electron chi connectivity index (χ0n) is 20.1. The van der Waals surface area contributed by atoms with Gasteiger partial charge in [-0.2, -0.15) is 0 Å². The summed E-state index contributed by atoms with van der Waals surface area (Å²) < 4.78 is 4.42. The maximum Gasteiger partial charge on any atom is 0.168 e.